The van der Waals surface area contributed by atoms with Crippen LogP contribution in [0.3, 0.4) is 0 Å². The molecular formula is C50H62ClN11O7. The van der Waals surface area contributed by atoms with E-state index in [2.05, 4.69) is 31.5 Å². The molecule has 1 aromatic heterocycles. The second kappa shape index (κ2) is 24.5. The average molecular weight is 965 g/mol. The quantitative estimate of drug-likeness (QED) is 0.0400. The van der Waals surface area contributed by atoms with E-state index in [1.165, 1.54) is 24.9 Å². The van der Waals surface area contributed by atoms with Crippen LogP contribution in [0.15, 0.2) is 91.1 Å². The fraction of sp³-hybridized carbons (Fsp3) is 0.360. The molecule has 2 heterocycles. The van der Waals surface area contributed by atoms with Crippen LogP contribution >= 0.6 is 11.6 Å². The van der Waals surface area contributed by atoms with Crippen LogP contribution in [-0.4, -0.2) is 109 Å². The third-order valence-corrected chi connectivity index (χ3v) is 12.1. The van der Waals surface area contributed by atoms with Crippen LogP contribution in [-0.2, 0) is 32.1 Å². The number of unbranched alkanes of at least 4 members (excludes halogenated alkanes) is 1. The SMILES string of the molecule is C[C@@H]1NC(=O)[C@@H](N(C)C(=O)[C@H](CCCCN)NCc2ccc(-c3ccc(Cl)cc3)cc2)c2ccc(OCCN)c(c2)-c2cc(ccc2OCCN)C[C@@H](C(=O)N[C@@H](C)C(=O)c2[nH]ncc2N)NC1=O. The number of fused-ring (bicyclic) bond motifs is 5. The van der Waals surface area contributed by atoms with Crippen LogP contribution in [0.4, 0.5) is 5.69 Å². The number of rotatable bonds is 20. The van der Waals surface area contributed by atoms with Crippen molar-refractivity contribution in [1.82, 2.24) is 36.4 Å². The number of H-pyrrole nitrogens is 1. The molecule has 4 aromatic carbocycles. The summed E-state index contributed by atoms with van der Waals surface area (Å²) in [5.41, 5.74) is 28.7. The number of amides is 4. The number of nitrogens with zero attached hydrogens (tertiary/aromatic N) is 2. The molecule has 5 aromatic rings. The molecule has 6 rings (SSSR count). The second-order valence-electron chi connectivity index (χ2n) is 16.9. The number of ether oxygens (including phenoxy) is 2. The van der Waals surface area contributed by atoms with Crippen LogP contribution < -0.4 is 53.7 Å². The fourth-order valence-corrected chi connectivity index (χ4v) is 8.17. The molecule has 13 N–H and O–H groups in total. The third-order valence-electron chi connectivity index (χ3n) is 11.8. The lowest BCUT2D eigenvalue weighted by molar-refractivity contribution is -0.142. The maximum absolute atomic E-state index is 14.9. The monoisotopic (exact) mass is 963 g/mol. The third kappa shape index (κ3) is 13.2. The summed E-state index contributed by atoms with van der Waals surface area (Å²) in [7, 11) is 1.55. The van der Waals surface area contributed by atoms with Gasteiger partial charge in [-0.05, 0) is 97.4 Å². The Kier molecular flexibility index (Phi) is 18.3. The van der Waals surface area contributed by atoms with Crippen molar-refractivity contribution in [3.63, 3.8) is 0 Å². The first-order valence-corrected chi connectivity index (χ1v) is 23.3. The van der Waals surface area contributed by atoms with Gasteiger partial charge in [0, 0.05) is 49.3 Å². The van der Waals surface area contributed by atoms with Crippen molar-refractivity contribution in [1.29, 1.82) is 0 Å². The lowest BCUT2D eigenvalue weighted by atomic mass is 9.93. The molecule has 366 valence electrons. The van der Waals surface area contributed by atoms with Crippen molar-refractivity contribution in [3.05, 3.63) is 119 Å². The summed E-state index contributed by atoms with van der Waals surface area (Å²) >= 11 is 6.11. The molecule has 69 heavy (non-hydrogen) atoms. The van der Waals surface area contributed by atoms with E-state index in [9.17, 15) is 24.0 Å². The summed E-state index contributed by atoms with van der Waals surface area (Å²) in [6, 6.07) is 20.4. The minimum absolute atomic E-state index is 0.0259. The van der Waals surface area contributed by atoms with E-state index in [0.29, 0.717) is 71.1 Å². The molecule has 0 saturated heterocycles. The first-order valence-electron chi connectivity index (χ1n) is 22.9. The highest BCUT2D eigenvalue weighted by molar-refractivity contribution is 6.30. The van der Waals surface area contributed by atoms with Gasteiger partial charge in [-0.25, -0.2) is 0 Å². The van der Waals surface area contributed by atoms with E-state index in [1.807, 2.05) is 48.5 Å². The minimum Gasteiger partial charge on any atom is -0.492 e. The molecular weight excluding hydrogens is 902 g/mol. The Balaban J connectivity index is 1.37. The molecule has 0 aliphatic carbocycles. The maximum atomic E-state index is 14.9. The van der Waals surface area contributed by atoms with Gasteiger partial charge in [-0.3, -0.25) is 29.1 Å². The number of aromatic nitrogens is 2. The fourth-order valence-electron chi connectivity index (χ4n) is 8.05. The van der Waals surface area contributed by atoms with Crippen molar-refractivity contribution in [2.45, 2.75) is 76.3 Å². The predicted octanol–water partition coefficient (Wildman–Crippen LogP) is 3.37. The van der Waals surface area contributed by atoms with E-state index < -0.39 is 53.7 Å². The Morgan fingerprint density at radius 3 is 2.10 bits per heavy atom. The molecule has 0 spiro atoms. The lowest BCUT2D eigenvalue weighted by Gasteiger charge is -2.33. The van der Waals surface area contributed by atoms with Gasteiger partial charge in [0.05, 0.1) is 24.0 Å². The molecule has 0 unspecified atom stereocenters. The van der Waals surface area contributed by atoms with Gasteiger partial charge in [0.1, 0.15) is 48.5 Å². The van der Waals surface area contributed by atoms with E-state index in [-0.39, 0.29) is 50.0 Å². The molecule has 4 bridgehead atoms. The highest BCUT2D eigenvalue weighted by Crippen LogP contribution is 2.40. The first kappa shape index (κ1) is 51.6. The highest BCUT2D eigenvalue weighted by atomic mass is 35.5. The van der Waals surface area contributed by atoms with Crippen LogP contribution in [0.2, 0.25) is 5.02 Å². The first-order chi connectivity index (χ1) is 33.2. The Hall–Kier alpha value is -6.83. The van der Waals surface area contributed by atoms with E-state index in [1.54, 1.807) is 43.4 Å². The van der Waals surface area contributed by atoms with E-state index >= 15 is 0 Å². The average Bonchev–Trinajstić information content (AvgIpc) is 3.78. The number of halogens is 1. The number of carbonyl (C=O) groups is 5. The Morgan fingerprint density at radius 1 is 0.841 bits per heavy atom. The number of hydrogen-bond donors (Lipinski definition) is 9. The minimum atomic E-state index is -1.28. The van der Waals surface area contributed by atoms with Crippen molar-refractivity contribution in [2.75, 3.05) is 45.6 Å². The highest BCUT2D eigenvalue weighted by Gasteiger charge is 2.36. The van der Waals surface area contributed by atoms with Crippen molar-refractivity contribution in [3.8, 4) is 33.8 Å². The zero-order valence-electron chi connectivity index (χ0n) is 39.1. The van der Waals surface area contributed by atoms with Crippen LogP contribution in [0.5, 0.6) is 11.5 Å². The Morgan fingerprint density at radius 2 is 1.48 bits per heavy atom. The number of nitrogens with one attached hydrogen (secondary N) is 5. The molecule has 1 aliphatic heterocycles. The van der Waals surface area contributed by atoms with Gasteiger partial charge >= 0.3 is 0 Å². The molecule has 0 saturated carbocycles. The van der Waals surface area contributed by atoms with E-state index in [4.69, 9.17) is 44.0 Å². The van der Waals surface area contributed by atoms with Crippen LogP contribution in [0.1, 0.15) is 66.3 Å². The van der Waals surface area contributed by atoms with E-state index in [0.717, 1.165) is 16.7 Å². The van der Waals surface area contributed by atoms with Gasteiger partial charge in [-0.15, -0.1) is 0 Å². The van der Waals surface area contributed by atoms with Gasteiger partial charge in [0.25, 0.3) is 0 Å². The van der Waals surface area contributed by atoms with Crippen LogP contribution in [0, 0.1) is 0 Å². The second-order valence-corrected chi connectivity index (χ2v) is 17.4. The molecule has 5 atom stereocenters. The normalized spacial score (nSPS) is 16.8. The number of Topliss-reactive ketones (excluding diaryl/α,β-unsaturated/α-hetero) is 1. The number of nitrogens with two attached hydrogens (primary N) is 4. The number of anilines is 1. The largest absolute Gasteiger partial charge is 0.492 e. The van der Waals surface area contributed by atoms with Gasteiger partial charge < -0.3 is 58.6 Å². The summed E-state index contributed by atoms with van der Waals surface area (Å²) in [5, 5.41) is 18.7. The molecule has 0 radical (unpaired) electrons. The standard InChI is InChI=1S/C50H62ClN11O7/c1-29(46(63)44-39(55)28-57-61-44)58-48(65)41-25-32-9-17-42(68-22-20-53)37(24-32)38-26-35(14-18-43(38)69-23-21-54)45(49(66)59-30(2)47(64)60-41)62(3)50(67)40(6-4-5-19-52)56-27-31-7-10-33(11-8-31)34-12-15-36(51)16-13-34/h7-18,24,26,28-30,40-41,45,56H,4-6,19-23,25,27,52-55H2,1-3H3,(H,57,61)(H,58,65)(H,59,66)(H,60,64)/t29-,30-,40-,41-,45-/m0/s1. The number of carbonyl (C=O) groups excluding carboxylic acids is 5. The van der Waals surface area contributed by atoms with Crippen molar-refractivity contribution < 1.29 is 33.4 Å². The Bertz CT molecular complexity index is 2570. The number of benzene rings is 4. The molecule has 18 nitrogen and oxygen atoms in total. The summed E-state index contributed by atoms with van der Waals surface area (Å²) in [4.78, 5) is 72.4. The van der Waals surface area contributed by atoms with Crippen LogP contribution in [0.25, 0.3) is 22.3 Å². The molecule has 0 fully saturated rings. The summed E-state index contributed by atoms with van der Waals surface area (Å²) in [6.45, 7) is 4.47. The number of hydrogen-bond acceptors (Lipinski definition) is 13. The van der Waals surface area contributed by atoms with Crippen molar-refractivity contribution >= 4 is 46.7 Å². The number of aromatic amines is 1. The summed E-state index contributed by atoms with van der Waals surface area (Å²) in [6.07, 6.45) is 2.98. The van der Waals surface area contributed by atoms with Gasteiger partial charge in [0.15, 0.2) is 0 Å². The van der Waals surface area contributed by atoms with Gasteiger partial charge in [-0.1, -0.05) is 66.6 Å². The molecule has 4 amide bonds. The van der Waals surface area contributed by atoms with Gasteiger partial charge in [-0.2, -0.15) is 5.10 Å². The summed E-state index contributed by atoms with van der Waals surface area (Å²) < 4.78 is 12.3. The maximum Gasteiger partial charge on any atom is 0.248 e. The topological polar surface area (TPSA) is 288 Å². The molecule has 1 aliphatic rings. The lowest BCUT2D eigenvalue weighted by Crippen LogP contribution is -2.56. The number of nitrogen functional groups attached to an aromatic ring is 1. The zero-order chi connectivity index (χ0) is 49.6. The Labute approximate surface area is 406 Å². The van der Waals surface area contributed by atoms with Crippen molar-refractivity contribution in [2.24, 2.45) is 17.2 Å². The number of ketones is 1. The zero-order valence-corrected chi connectivity index (χ0v) is 39.8. The smallest absolute Gasteiger partial charge is 0.248 e. The molecule has 19 heteroatoms. The summed E-state index contributed by atoms with van der Waals surface area (Å²) in [5.74, 6) is -2.12. The van der Waals surface area contributed by atoms with Gasteiger partial charge in [0.2, 0.25) is 29.4 Å². The number of likely N-dealkylation sites (N-methyl/N-ethyl adjacent to an activating group) is 1. The predicted molar refractivity (Wildman–Crippen MR) is 265 cm³/mol.